The highest BCUT2D eigenvalue weighted by Gasteiger charge is 2.31. The van der Waals surface area contributed by atoms with E-state index in [2.05, 4.69) is 33.0 Å². The number of rotatable bonds is 8. The molecule has 1 aliphatic rings. The summed E-state index contributed by atoms with van der Waals surface area (Å²) in [6.07, 6.45) is 1.87. The number of carbonyl (C=O) groups is 2. The molecule has 0 saturated carbocycles. The number of nitrogens with zero attached hydrogens (tertiary/aromatic N) is 1. The van der Waals surface area contributed by atoms with Crippen molar-refractivity contribution in [3.63, 3.8) is 0 Å². The van der Waals surface area contributed by atoms with Crippen molar-refractivity contribution in [1.82, 2.24) is 9.62 Å². The van der Waals surface area contributed by atoms with Crippen LogP contribution in [0.1, 0.15) is 50.9 Å². The van der Waals surface area contributed by atoms with E-state index < -0.39 is 16.0 Å². The van der Waals surface area contributed by atoms with Crippen molar-refractivity contribution in [2.75, 3.05) is 26.2 Å². The Morgan fingerprint density at radius 3 is 2.28 bits per heavy atom. The second-order valence-electron chi connectivity index (χ2n) is 8.40. The number of esters is 1. The minimum atomic E-state index is -3.60. The summed E-state index contributed by atoms with van der Waals surface area (Å²) in [7, 11) is -3.60. The zero-order chi connectivity index (χ0) is 21.6. The van der Waals surface area contributed by atoms with Crippen LogP contribution in [0.4, 0.5) is 0 Å². The van der Waals surface area contributed by atoms with Crippen molar-refractivity contribution in [2.24, 2.45) is 17.8 Å². The number of sulfonamides is 1. The van der Waals surface area contributed by atoms with Gasteiger partial charge in [0.25, 0.3) is 5.91 Å². The summed E-state index contributed by atoms with van der Waals surface area (Å²) in [6, 6.07) is 5.67. The standard InChI is InChI=1S/C21H32N2O5S/c1-15(2)9-10-22-20(24)14-28-21(25)18-5-7-19(8-6-18)29(26,27)23-12-16(3)11-17(4)13-23/h5-8,15-17H,9-14H2,1-4H3,(H,22,24)/t16-,17-/m1/s1. The Hall–Kier alpha value is -1.93. The maximum absolute atomic E-state index is 12.9. The lowest BCUT2D eigenvalue weighted by atomic mass is 9.94. The molecule has 0 unspecified atom stereocenters. The van der Waals surface area contributed by atoms with E-state index in [1.807, 2.05) is 0 Å². The van der Waals surface area contributed by atoms with Gasteiger partial charge in [0.15, 0.2) is 6.61 Å². The van der Waals surface area contributed by atoms with Gasteiger partial charge >= 0.3 is 5.97 Å². The van der Waals surface area contributed by atoms with Crippen molar-refractivity contribution in [2.45, 2.75) is 45.4 Å². The van der Waals surface area contributed by atoms with E-state index in [1.165, 1.54) is 28.6 Å². The first-order valence-electron chi connectivity index (χ1n) is 10.1. The Bertz CT molecular complexity index is 795. The smallest absolute Gasteiger partial charge is 0.338 e. The number of carbonyl (C=O) groups excluding carboxylic acids is 2. The fraction of sp³-hybridized carbons (Fsp3) is 0.619. The van der Waals surface area contributed by atoms with Gasteiger partial charge in [0.05, 0.1) is 10.5 Å². The molecular formula is C21H32N2O5S. The van der Waals surface area contributed by atoms with Gasteiger partial charge < -0.3 is 10.1 Å². The maximum Gasteiger partial charge on any atom is 0.338 e. The first kappa shape index (κ1) is 23.3. The van der Waals surface area contributed by atoms with Gasteiger partial charge in [-0.15, -0.1) is 0 Å². The molecule has 0 aromatic heterocycles. The summed E-state index contributed by atoms with van der Waals surface area (Å²) < 4.78 is 32.3. The Morgan fingerprint density at radius 1 is 1.14 bits per heavy atom. The largest absolute Gasteiger partial charge is 0.452 e. The second-order valence-corrected chi connectivity index (χ2v) is 10.3. The van der Waals surface area contributed by atoms with Crippen LogP contribution in [-0.4, -0.2) is 50.8 Å². The van der Waals surface area contributed by atoms with Crippen LogP contribution < -0.4 is 5.32 Å². The molecule has 1 saturated heterocycles. The Morgan fingerprint density at radius 2 is 1.72 bits per heavy atom. The van der Waals surface area contributed by atoms with E-state index in [0.717, 1.165) is 12.8 Å². The van der Waals surface area contributed by atoms with E-state index >= 15 is 0 Å². The van der Waals surface area contributed by atoms with Crippen LogP contribution in [0.25, 0.3) is 0 Å². The Labute approximate surface area is 173 Å². The molecule has 2 atom stereocenters. The van der Waals surface area contributed by atoms with Crippen LogP contribution >= 0.6 is 0 Å². The van der Waals surface area contributed by atoms with Crippen LogP contribution in [0.5, 0.6) is 0 Å². The summed E-state index contributed by atoms with van der Waals surface area (Å²) in [6.45, 7) is 9.40. The van der Waals surface area contributed by atoms with E-state index in [1.54, 1.807) is 0 Å². The van der Waals surface area contributed by atoms with Gasteiger partial charge in [0, 0.05) is 19.6 Å². The van der Waals surface area contributed by atoms with Crippen molar-refractivity contribution in [3.8, 4) is 0 Å². The van der Waals surface area contributed by atoms with Crippen LogP contribution in [0.15, 0.2) is 29.2 Å². The van der Waals surface area contributed by atoms with Crippen LogP contribution in [0.2, 0.25) is 0 Å². The molecule has 7 nitrogen and oxygen atoms in total. The SMILES string of the molecule is CC(C)CCNC(=O)COC(=O)c1ccc(S(=O)(=O)N2C[C@H](C)C[C@@H](C)C2)cc1. The van der Waals surface area contributed by atoms with E-state index in [9.17, 15) is 18.0 Å². The molecule has 1 aliphatic heterocycles. The number of ether oxygens (including phenoxy) is 1. The van der Waals surface area contributed by atoms with Gasteiger partial charge in [-0.05, 0) is 54.9 Å². The number of nitrogens with one attached hydrogen (secondary N) is 1. The number of hydrogen-bond donors (Lipinski definition) is 1. The minimum absolute atomic E-state index is 0.154. The summed E-state index contributed by atoms with van der Waals surface area (Å²) in [5.74, 6) is 0.0904. The van der Waals surface area contributed by atoms with Gasteiger partial charge in [-0.2, -0.15) is 4.31 Å². The highest BCUT2D eigenvalue weighted by Crippen LogP contribution is 2.26. The van der Waals surface area contributed by atoms with Gasteiger partial charge in [0.2, 0.25) is 10.0 Å². The molecule has 1 aromatic rings. The van der Waals surface area contributed by atoms with Gasteiger partial charge in [-0.3, -0.25) is 4.79 Å². The summed E-state index contributed by atoms with van der Waals surface area (Å²) in [5.41, 5.74) is 0.208. The summed E-state index contributed by atoms with van der Waals surface area (Å²) >= 11 is 0. The maximum atomic E-state index is 12.9. The second kappa shape index (κ2) is 10.2. The molecule has 0 bridgehead atoms. The topological polar surface area (TPSA) is 92.8 Å². The molecule has 2 rings (SSSR count). The van der Waals surface area contributed by atoms with Crippen molar-refractivity contribution in [1.29, 1.82) is 0 Å². The predicted molar refractivity (Wildman–Crippen MR) is 111 cm³/mol. The molecule has 8 heteroatoms. The highest BCUT2D eigenvalue weighted by molar-refractivity contribution is 7.89. The van der Waals surface area contributed by atoms with Crippen molar-refractivity contribution in [3.05, 3.63) is 29.8 Å². The third kappa shape index (κ3) is 6.82. The lowest BCUT2D eigenvalue weighted by Crippen LogP contribution is -2.42. The van der Waals surface area contributed by atoms with Gasteiger partial charge in [-0.1, -0.05) is 27.7 Å². The normalized spacial score (nSPS) is 20.4. The molecule has 0 aliphatic carbocycles. The molecule has 0 radical (unpaired) electrons. The van der Waals surface area contributed by atoms with E-state index in [-0.39, 0.29) is 23.0 Å². The van der Waals surface area contributed by atoms with Crippen molar-refractivity contribution >= 4 is 21.9 Å². The lowest BCUT2D eigenvalue weighted by Gasteiger charge is -2.34. The zero-order valence-electron chi connectivity index (χ0n) is 17.7. The summed E-state index contributed by atoms with van der Waals surface area (Å²) in [5, 5.41) is 2.69. The monoisotopic (exact) mass is 424 g/mol. The van der Waals surface area contributed by atoms with Crippen LogP contribution in [0.3, 0.4) is 0 Å². The first-order valence-corrected chi connectivity index (χ1v) is 11.6. The van der Waals surface area contributed by atoms with Crippen molar-refractivity contribution < 1.29 is 22.7 Å². The zero-order valence-corrected chi connectivity index (χ0v) is 18.5. The molecule has 1 aromatic carbocycles. The minimum Gasteiger partial charge on any atom is -0.452 e. The van der Waals surface area contributed by atoms with Crippen LogP contribution in [-0.2, 0) is 19.6 Å². The third-order valence-electron chi connectivity index (χ3n) is 4.94. The highest BCUT2D eigenvalue weighted by atomic mass is 32.2. The average Bonchev–Trinajstić information content (AvgIpc) is 2.65. The van der Waals surface area contributed by atoms with E-state index in [0.29, 0.717) is 37.4 Å². The molecule has 1 amide bonds. The lowest BCUT2D eigenvalue weighted by molar-refractivity contribution is -0.124. The summed E-state index contributed by atoms with van der Waals surface area (Å²) in [4.78, 5) is 24.0. The third-order valence-corrected chi connectivity index (χ3v) is 6.79. The molecule has 1 fully saturated rings. The van der Waals surface area contributed by atoms with Crippen LogP contribution in [0, 0.1) is 17.8 Å². The fourth-order valence-corrected chi connectivity index (χ4v) is 5.16. The predicted octanol–water partition coefficient (Wildman–Crippen LogP) is 2.67. The van der Waals surface area contributed by atoms with Gasteiger partial charge in [0.1, 0.15) is 0 Å². The number of piperidine rings is 1. The average molecular weight is 425 g/mol. The molecule has 0 spiro atoms. The number of hydrogen-bond acceptors (Lipinski definition) is 5. The quantitative estimate of drug-likeness (QED) is 0.648. The van der Waals surface area contributed by atoms with Gasteiger partial charge in [-0.25, -0.2) is 13.2 Å². The molecule has 29 heavy (non-hydrogen) atoms. The van der Waals surface area contributed by atoms with E-state index in [4.69, 9.17) is 4.74 Å². The molecular weight excluding hydrogens is 392 g/mol. The number of benzene rings is 1. The Balaban J connectivity index is 1.93. The fourth-order valence-electron chi connectivity index (χ4n) is 3.48. The molecule has 1 heterocycles. The first-order chi connectivity index (χ1) is 13.6. The molecule has 162 valence electrons. The number of amides is 1. The molecule has 1 N–H and O–H groups in total. The Kier molecular flexibility index (Phi) is 8.22.